The van der Waals surface area contributed by atoms with Crippen molar-refractivity contribution in [2.45, 2.75) is 20.3 Å². The Bertz CT molecular complexity index is 372. The van der Waals surface area contributed by atoms with Gasteiger partial charge in [0.25, 0.3) is 0 Å². The third-order valence-corrected chi connectivity index (χ3v) is 1.96. The smallest absolute Gasteiger partial charge is 0.0773 e. The normalized spacial score (nSPS) is 9.31. The van der Waals surface area contributed by atoms with Gasteiger partial charge in [-0.05, 0) is 25.0 Å². The number of hydrogen-bond donors (Lipinski definition) is 1. The Kier molecular flexibility index (Phi) is 2.81. The van der Waals surface area contributed by atoms with Crippen molar-refractivity contribution in [3.8, 4) is 6.07 Å². The van der Waals surface area contributed by atoms with Crippen LogP contribution < -0.4 is 0 Å². The molecule has 1 aromatic rings. The van der Waals surface area contributed by atoms with Crippen LogP contribution in [0.5, 0.6) is 0 Å². The fourth-order valence-electron chi connectivity index (χ4n) is 1.33. The van der Waals surface area contributed by atoms with Crippen LogP contribution in [-0.4, -0.2) is 5.71 Å². The highest BCUT2D eigenvalue weighted by atomic mass is 14.4. The summed E-state index contributed by atoms with van der Waals surface area (Å²) in [7, 11) is 0. The standard InChI is InChI=1S/C11H12N2/c1-8-3-4-10(9(2)7-8)11(13)5-6-12/h3-4,7,13H,5H2,1-2H3. The molecule has 1 rings (SSSR count). The van der Waals surface area contributed by atoms with Crippen molar-refractivity contribution in [3.05, 3.63) is 34.9 Å². The monoisotopic (exact) mass is 172 g/mol. The molecule has 0 radical (unpaired) electrons. The van der Waals surface area contributed by atoms with Gasteiger partial charge >= 0.3 is 0 Å². The maximum Gasteiger partial charge on any atom is 0.0773 e. The van der Waals surface area contributed by atoms with Crippen LogP contribution in [0.15, 0.2) is 18.2 Å². The highest BCUT2D eigenvalue weighted by Crippen LogP contribution is 2.12. The zero-order valence-electron chi connectivity index (χ0n) is 7.89. The largest absolute Gasteiger partial charge is 0.304 e. The molecule has 0 saturated heterocycles. The van der Waals surface area contributed by atoms with Gasteiger partial charge in [-0.15, -0.1) is 0 Å². The molecule has 0 unspecified atom stereocenters. The van der Waals surface area contributed by atoms with E-state index in [9.17, 15) is 0 Å². The second kappa shape index (κ2) is 3.86. The Hall–Kier alpha value is -1.62. The molecule has 0 aliphatic heterocycles. The van der Waals surface area contributed by atoms with Gasteiger partial charge in [0.1, 0.15) is 0 Å². The average molecular weight is 172 g/mol. The second-order valence-corrected chi connectivity index (χ2v) is 3.13. The number of aryl methyl sites for hydroxylation is 2. The van der Waals surface area contributed by atoms with Crippen LogP contribution in [-0.2, 0) is 0 Å². The van der Waals surface area contributed by atoms with Crippen molar-refractivity contribution in [2.24, 2.45) is 0 Å². The lowest BCUT2D eigenvalue weighted by atomic mass is 10.0. The zero-order chi connectivity index (χ0) is 9.84. The second-order valence-electron chi connectivity index (χ2n) is 3.13. The summed E-state index contributed by atoms with van der Waals surface area (Å²) >= 11 is 0. The number of rotatable bonds is 2. The van der Waals surface area contributed by atoms with E-state index in [2.05, 4.69) is 0 Å². The Morgan fingerprint density at radius 2 is 2.15 bits per heavy atom. The molecule has 0 spiro atoms. The minimum atomic E-state index is 0.184. The van der Waals surface area contributed by atoms with Crippen LogP contribution in [0, 0.1) is 30.6 Å². The van der Waals surface area contributed by atoms with Crippen LogP contribution in [0.3, 0.4) is 0 Å². The molecule has 0 aliphatic carbocycles. The first kappa shape index (κ1) is 9.47. The van der Waals surface area contributed by atoms with Gasteiger partial charge in [-0.3, -0.25) is 0 Å². The van der Waals surface area contributed by atoms with Crippen LogP contribution in [0.25, 0.3) is 0 Å². The molecule has 0 fully saturated rings. The fraction of sp³-hybridized carbons (Fsp3) is 0.273. The topological polar surface area (TPSA) is 47.6 Å². The number of nitrogens with one attached hydrogen (secondary N) is 1. The maximum absolute atomic E-state index is 8.45. The molecule has 0 saturated carbocycles. The first-order valence-electron chi connectivity index (χ1n) is 4.17. The Morgan fingerprint density at radius 1 is 1.46 bits per heavy atom. The summed E-state index contributed by atoms with van der Waals surface area (Å²) in [5, 5.41) is 16.1. The zero-order valence-corrected chi connectivity index (χ0v) is 7.89. The summed E-state index contributed by atoms with van der Waals surface area (Å²) in [4.78, 5) is 0. The van der Waals surface area contributed by atoms with E-state index in [1.54, 1.807) is 0 Å². The minimum absolute atomic E-state index is 0.184. The minimum Gasteiger partial charge on any atom is -0.304 e. The lowest BCUT2D eigenvalue weighted by Gasteiger charge is -2.05. The molecular formula is C11H12N2. The Morgan fingerprint density at radius 3 is 2.69 bits per heavy atom. The summed E-state index contributed by atoms with van der Waals surface area (Å²) in [5.74, 6) is 0. The first-order chi connectivity index (χ1) is 6.15. The molecule has 2 nitrogen and oxygen atoms in total. The van der Waals surface area contributed by atoms with E-state index < -0.39 is 0 Å². The van der Waals surface area contributed by atoms with Crippen LogP contribution in [0.1, 0.15) is 23.1 Å². The van der Waals surface area contributed by atoms with Crippen molar-refractivity contribution in [1.82, 2.24) is 0 Å². The first-order valence-corrected chi connectivity index (χ1v) is 4.17. The van der Waals surface area contributed by atoms with Crippen LogP contribution >= 0.6 is 0 Å². The molecule has 0 aliphatic rings. The molecule has 13 heavy (non-hydrogen) atoms. The predicted octanol–water partition coefficient (Wildman–Crippen LogP) is 2.58. The molecule has 66 valence electrons. The van der Waals surface area contributed by atoms with Gasteiger partial charge in [0.05, 0.1) is 18.2 Å². The van der Waals surface area contributed by atoms with E-state index in [0.29, 0.717) is 5.71 Å². The van der Waals surface area contributed by atoms with Crippen LogP contribution in [0.4, 0.5) is 0 Å². The van der Waals surface area contributed by atoms with E-state index in [-0.39, 0.29) is 6.42 Å². The van der Waals surface area contributed by atoms with Gasteiger partial charge in [-0.2, -0.15) is 5.26 Å². The third kappa shape index (κ3) is 2.16. The lowest BCUT2D eigenvalue weighted by molar-refractivity contribution is 1.29. The molecule has 1 N–H and O–H groups in total. The summed E-state index contributed by atoms with van der Waals surface area (Å²) < 4.78 is 0. The van der Waals surface area contributed by atoms with Gasteiger partial charge in [-0.1, -0.05) is 23.8 Å². The summed E-state index contributed by atoms with van der Waals surface area (Å²) in [6, 6.07) is 7.89. The average Bonchev–Trinajstić information content (AvgIpc) is 2.04. The molecule has 0 aromatic heterocycles. The number of nitriles is 1. The maximum atomic E-state index is 8.45. The lowest BCUT2D eigenvalue weighted by Crippen LogP contribution is -2.00. The van der Waals surface area contributed by atoms with Gasteiger partial charge < -0.3 is 5.41 Å². The number of hydrogen-bond acceptors (Lipinski definition) is 2. The highest BCUT2D eigenvalue weighted by Gasteiger charge is 2.03. The summed E-state index contributed by atoms with van der Waals surface area (Å²) in [5.41, 5.74) is 3.54. The quantitative estimate of drug-likeness (QED) is 0.685. The molecule has 0 heterocycles. The van der Waals surface area contributed by atoms with Crippen molar-refractivity contribution >= 4 is 5.71 Å². The van der Waals surface area contributed by atoms with Crippen molar-refractivity contribution in [2.75, 3.05) is 0 Å². The van der Waals surface area contributed by atoms with Crippen LogP contribution in [0.2, 0.25) is 0 Å². The van der Waals surface area contributed by atoms with E-state index in [4.69, 9.17) is 10.7 Å². The summed E-state index contributed by atoms with van der Waals surface area (Å²) in [6.45, 7) is 3.99. The van der Waals surface area contributed by atoms with Gasteiger partial charge in [0, 0.05) is 0 Å². The molecule has 2 heteroatoms. The molecule has 0 atom stereocenters. The third-order valence-electron chi connectivity index (χ3n) is 1.96. The van der Waals surface area contributed by atoms with E-state index in [0.717, 1.165) is 11.1 Å². The predicted molar refractivity (Wildman–Crippen MR) is 53.0 cm³/mol. The van der Waals surface area contributed by atoms with E-state index >= 15 is 0 Å². The molecule has 1 aromatic carbocycles. The van der Waals surface area contributed by atoms with E-state index in [1.807, 2.05) is 38.1 Å². The molecule has 0 amide bonds. The van der Waals surface area contributed by atoms with E-state index in [1.165, 1.54) is 5.56 Å². The summed E-state index contributed by atoms with van der Waals surface area (Å²) in [6.07, 6.45) is 0.184. The SMILES string of the molecule is Cc1ccc(C(=N)CC#N)c(C)c1. The Balaban J connectivity index is 3.03. The highest BCUT2D eigenvalue weighted by molar-refractivity contribution is 6.00. The van der Waals surface area contributed by atoms with Crippen molar-refractivity contribution < 1.29 is 0 Å². The fourth-order valence-corrected chi connectivity index (χ4v) is 1.33. The molecule has 0 bridgehead atoms. The molecular weight excluding hydrogens is 160 g/mol. The van der Waals surface area contributed by atoms with Gasteiger partial charge in [0.15, 0.2) is 0 Å². The number of benzene rings is 1. The Labute approximate surface area is 78.3 Å². The van der Waals surface area contributed by atoms with Crippen molar-refractivity contribution in [1.29, 1.82) is 10.7 Å². The van der Waals surface area contributed by atoms with Gasteiger partial charge in [0.2, 0.25) is 0 Å². The number of nitrogens with zero attached hydrogens (tertiary/aromatic N) is 1. The van der Waals surface area contributed by atoms with Gasteiger partial charge in [-0.25, -0.2) is 0 Å². The van der Waals surface area contributed by atoms with Crippen molar-refractivity contribution in [3.63, 3.8) is 0 Å².